The monoisotopic (exact) mass is 454 g/mol. The fraction of sp³-hybridized carbons (Fsp3) is 0.407. The standard InChI is InChI=1S/C27H34O6/c1-4-22-20-21(10-15-25(22)30-3)16-19-33-27(29)23-11-13-24(14-12-23)31-17-8-6-7-9-18-32-26(28)5-2/h5,10-15,20H,2,4,6-9,16-19H2,1,3H3. The normalized spacial score (nSPS) is 10.4. The molecule has 0 saturated carbocycles. The first-order valence-corrected chi connectivity index (χ1v) is 11.4. The van der Waals surface area contributed by atoms with Crippen LogP contribution in [0.4, 0.5) is 0 Å². The van der Waals surface area contributed by atoms with Gasteiger partial charge < -0.3 is 18.9 Å². The van der Waals surface area contributed by atoms with E-state index in [1.54, 1.807) is 31.4 Å². The molecular formula is C27H34O6. The topological polar surface area (TPSA) is 71.1 Å². The molecule has 0 unspecified atom stereocenters. The molecule has 2 rings (SSSR count). The number of hydrogen-bond acceptors (Lipinski definition) is 6. The second-order valence-corrected chi connectivity index (χ2v) is 7.54. The van der Waals surface area contributed by atoms with Crippen molar-refractivity contribution in [3.63, 3.8) is 0 Å². The minimum absolute atomic E-state index is 0.319. The largest absolute Gasteiger partial charge is 0.496 e. The Kier molecular flexibility index (Phi) is 11.6. The van der Waals surface area contributed by atoms with Crippen LogP contribution in [0.1, 0.15) is 54.1 Å². The first-order valence-electron chi connectivity index (χ1n) is 11.4. The Morgan fingerprint density at radius 2 is 1.64 bits per heavy atom. The van der Waals surface area contributed by atoms with Gasteiger partial charge in [-0.3, -0.25) is 0 Å². The van der Waals surface area contributed by atoms with E-state index < -0.39 is 0 Å². The van der Waals surface area contributed by atoms with E-state index in [-0.39, 0.29) is 11.9 Å². The summed E-state index contributed by atoms with van der Waals surface area (Å²) in [6, 6.07) is 13.0. The number of hydrogen-bond donors (Lipinski definition) is 0. The van der Waals surface area contributed by atoms with E-state index in [0.29, 0.717) is 31.8 Å². The molecule has 6 nitrogen and oxygen atoms in total. The molecule has 0 atom stereocenters. The van der Waals surface area contributed by atoms with Crippen LogP contribution in [0, 0.1) is 0 Å². The molecule has 0 spiro atoms. The lowest BCUT2D eigenvalue weighted by molar-refractivity contribution is -0.137. The molecule has 0 aromatic heterocycles. The van der Waals surface area contributed by atoms with Gasteiger partial charge in [-0.05, 0) is 73.6 Å². The van der Waals surface area contributed by atoms with Gasteiger partial charge in [-0.1, -0.05) is 25.6 Å². The van der Waals surface area contributed by atoms with E-state index in [2.05, 4.69) is 19.6 Å². The van der Waals surface area contributed by atoms with E-state index in [4.69, 9.17) is 18.9 Å². The summed E-state index contributed by atoms with van der Waals surface area (Å²) in [6.07, 6.45) is 6.40. The number of ether oxygens (including phenoxy) is 4. The lowest BCUT2D eigenvalue weighted by Crippen LogP contribution is -2.08. The van der Waals surface area contributed by atoms with Crippen molar-refractivity contribution in [1.82, 2.24) is 0 Å². The summed E-state index contributed by atoms with van der Waals surface area (Å²) in [6.45, 7) is 6.78. The van der Waals surface area contributed by atoms with Crippen molar-refractivity contribution in [2.75, 3.05) is 26.9 Å². The Morgan fingerprint density at radius 1 is 0.909 bits per heavy atom. The molecule has 0 N–H and O–H groups in total. The summed E-state index contributed by atoms with van der Waals surface area (Å²) in [5.74, 6) is 0.875. The molecule has 0 bridgehead atoms. The molecule has 33 heavy (non-hydrogen) atoms. The summed E-state index contributed by atoms with van der Waals surface area (Å²) in [7, 11) is 1.67. The molecule has 0 aliphatic heterocycles. The Morgan fingerprint density at radius 3 is 2.30 bits per heavy atom. The van der Waals surface area contributed by atoms with Crippen molar-refractivity contribution >= 4 is 11.9 Å². The lowest BCUT2D eigenvalue weighted by Gasteiger charge is -2.10. The number of benzene rings is 2. The van der Waals surface area contributed by atoms with E-state index >= 15 is 0 Å². The average molecular weight is 455 g/mol. The Balaban J connectivity index is 1.64. The molecule has 0 aliphatic rings. The van der Waals surface area contributed by atoms with E-state index in [0.717, 1.165) is 54.7 Å². The average Bonchev–Trinajstić information content (AvgIpc) is 2.85. The number of esters is 2. The maximum Gasteiger partial charge on any atom is 0.338 e. The van der Waals surface area contributed by atoms with Gasteiger partial charge >= 0.3 is 11.9 Å². The predicted octanol–water partition coefficient (Wildman–Crippen LogP) is 5.33. The van der Waals surface area contributed by atoms with Crippen molar-refractivity contribution in [1.29, 1.82) is 0 Å². The van der Waals surface area contributed by atoms with Crippen LogP contribution in [0.25, 0.3) is 0 Å². The highest BCUT2D eigenvalue weighted by Crippen LogP contribution is 2.21. The third-order valence-electron chi connectivity index (χ3n) is 5.16. The Hall–Kier alpha value is -3.28. The van der Waals surface area contributed by atoms with Crippen LogP contribution in [0.15, 0.2) is 55.1 Å². The minimum Gasteiger partial charge on any atom is -0.496 e. The summed E-state index contributed by atoms with van der Waals surface area (Å²) in [4.78, 5) is 23.2. The number of carbonyl (C=O) groups excluding carboxylic acids is 2. The lowest BCUT2D eigenvalue weighted by atomic mass is 10.1. The smallest absolute Gasteiger partial charge is 0.338 e. The van der Waals surface area contributed by atoms with Gasteiger partial charge in [-0.25, -0.2) is 9.59 Å². The van der Waals surface area contributed by atoms with Crippen LogP contribution < -0.4 is 9.47 Å². The van der Waals surface area contributed by atoms with Gasteiger partial charge in [-0.15, -0.1) is 0 Å². The van der Waals surface area contributed by atoms with Gasteiger partial charge in [0.1, 0.15) is 11.5 Å². The van der Waals surface area contributed by atoms with E-state index in [9.17, 15) is 9.59 Å². The second kappa shape index (κ2) is 14.7. The molecule has 0 amide bonds. The van der Waals surface area contributed by atoms with Crippen molar-refractivity contribution in [3.05, 3.63) is 71.8 Å². The first kappa shape index (κ1) is 26.0. The van der Waals surface area contributed by atoms with Crippen LogP contribution in [0.2, 0.25) is 0 Å². The molecule has 0 aliphatic carbocycles. The van der Waals surface area contributed by atoms with Gasteiger partial charge in [0, 0.05) is 12.5 Å². The van der Waals surface area contributed by atoms with Crippen molar-refractivity contribution in [2.24, 2.45) is 0 Å². The maximum atomic E-state index is 12.3. The summed E-state index contributed by atoms with van der Waals surface area (Å²) in [5.41, 5.74) is 2.76. The third-order valence-corrected chi connectivity index (χ3v) is 5.16. The Bertz CT molecular complexity index is 888. The molecule has 0 fully saturated rings. The fourth-order valence-corrected chi connectivity index (χ4v) is 3.28. The van der Waals surface area contributed by atoms with Crippen LogP contribution in [0.3, 0.4) is 0 Å². The quantitative estimate of drug-likeness (QED) is 0.206. The predicted molar refractivity (Wildman–Crippen MR) is 128 cm³/mol. The van der Waals surface area contributed by atoms with Crippen LogP contribution in [0.5, 0.6) is 11.5 Å². The summed E-state index contributed by atoms with van der Waals surface area (Å²) in [5, 5.41) is 0. The van der Waals surface area contributed by atoms with Gasteiger partial charge in [0.15, 0.2) is 0 Å². The molecule has 0 radical (unpaired) electrons. The highest BCUT2D eigenvalue weighted by molar-refractivity contribution is 5.89. The van der Waals surface area contributed by atoms with Gasteiger partial charge in [0.25, 0.3) is 0 Å². The first-order chi connectivity index (χ1) is 16.1. The fourth-order valence-electron chi connectivity index (χ4n) is 3.28. The molecule has 0 heterocycles. The van der Waals surface area contributed by atoms with Gasteiger partial charge in [-0.2, -0.15) is 0 Å². The van der Waals surface area contributed by atoms with Crippen LogP contribution in [-0.2, 0) is 27.1 Å². The van der Waals surface area contributed by atoms with Crippen molar-refractivity contribution in [2.45, 2.75) is 45.4 Å². The Labute approximate surface area is 196 Å². The summed E-state index contributed by atoms with van der Waals surface area (Å²) >= 11 is 0. The number of carbonyl (C=O) groups is 2. The number of methoxy groups -OCH3 is 1. The van der Waals surface area contributed by atoms with Gasteiger partial charge in [0.2, 0.25) is 0 Å². The number of aryl methyl sites for hydroxylation is 1. The molecule has 178 valence electrons. The zero-order valence-electron chi connectivity index (χ0n) is 19.6. The molecule has 2 aromatic rings. The third kappa shape index (κ3) is 9.39. The molecule has 2 aromatic carbocycles. The second-order valence-electron chi connectivity index (χ2n) is 7.54. The zero-order chi connectivity index (χ0) is 23.9. The number of rotatable bonds is 15. The highest BCUT2D eigenvalue weighted by Gasteiger charge is 2.08. The number of unbranched alkanes of at least 4 members (excludes halogenated alkanes) is 3. The zero-order valence-corrected chi connectivity index (χ0v) is 19.6. The maximum absolute atomic E-state index is 12.3. The van der Waals surface area contributed by atoms with Gasteiger partial charge in [0.05, 0.1) is 32.5 Å². The molecule has 6 heteroatoms. The van der Waals surface area contributed by atoms with Crippen molar-refractivity contribution in [3.8, 4) is 11.5 Å². The highest BCUT2D eigenvalue weighted by atomic mass is 16.5. The molecule has 0 saturated heterocycles. The van der Waals surface area contributed by atoms with E-state index in [1.165, 1.54) is 6.08 Å². The van der Waals surface area contributed by atoms with Crippen LogP contribution in [-0.4, -0.2) is 38.9 Å². The van der Waals surface area contributed by atoms with Crippen LogP contribution >= 0.6 is 0 Å². The SMILES string of the molecule is C=CC(=O)OCCCCCCOc1ccc(C(=O)OCCc2ccc(OC)c(CC)c2)cc1. The minimum atomic E-state index is -0.381. The van der Waals surface area contributed by atoms with Crippen molar-refractivity contribution < 1.29 is 28.5 Å². The summed E-state index contributed by atoms with van der Waals surface area (Å²) < 4.78 is 21.4. The van der Waals surface area contributed by atoms with E-state index in [1.807, 2.05) is 12.1 Å². The molecular weight excluding hydrogens is 420 g/mol.